The van der Waals surface area contributed by atoms with Crippen molar-refractivity contribution in [2.24, 2.45) is 0 Å². The van der Waals surface area contributed by atoms with Crippen molar-refractivity contribution in [3.05, 3.63) is 59.4 Å². The Balaban J connectivity index is 1.92. The van der Waals surface area contributed by atoms with Gasteiger partial charge in [-0.05, 0) is 29.8 Å². The normalized spacial score (nSPS) is 20.9. The number of ether oxygens (including phenoxy) is 2. The summed E-state index contributed by atoms with van der Waals surface area (Å²) in [4.78, 5) is 0. The van der Waals surface area contributed by atoms with Crippen LogP contribution in [0.4, 0.5) is 4.39 Å². The number of rotatable bonds is 2. The zero-order valence-corrected chi connectivity index (χ0v) is 11.0. The summed E-state index contributed by atoms with van der Waals surface area (Å²) in [5.74, 6) is 1.00. The molecule has 1 heterocycles. The quantitative estimate of drug-likeness (QED) is 0.912. The van der Waals surface area contributed by atoms with Gasteiger partial charge in [0.1, 0.15) is 23.4 Å². The van der Waals surface area contributed by atoms with Crippen molar-refractivity contribution < 1.29 is 19.0 Å². The Morgan fingerprint density at radius 3 is 2.65 bits per heavy atom. The standard InChI is InChI=1S/C16H15FO3/c1-19-12-6-7-13-14(18)9-15(20-16(13)8-12)10-2-4-11(17)5-3-10/h2-8,14-15,18H,9H2,1H3. The molecule has 2 aromatic rings. The average molecular weight is 274 g/mol. The van der Waals surface area contributed by atoms with Gasteiger partial charge in [0.2, 0.25) is 0 Å². The van der Waals surface area contributed by atoms with E-state index < -0.39 is 6.10 Å². The molecule has 3 rings (SSSR count). The van der Waals surface area contributed by atoms with Crippen molar-refractivity contribution in [2.45, 2.75) is 18.6 Å². The number of aliphatic hydroxyl groups excluding tert-OH is 1. The van der Waals surface area contributed by atoms with Crippen molar-refractivity contribution >= 4 is 0 Å². The van der Waals surface area contributed by atoms with Crippen LogP contribution in [0.3, 0.4) is 0 Å². The van der Waals surface area contributed by atoms with Crippen LogP contribution in [0.1, 0.15) is 29.8 Å². The Morgan fingerprint density at radius 2 is 1.95 bits per heavy atom. The van der Waals surface area contributed by atoms with Crippen molar-refractivity contribution in [2.75, 3.05) is 7.11 Å². The number of aliphatic hydroxyl groups is 1. The van der Waals surface area contributed by atoms with Gasteiger partial charge in [0.15, 0.2) is 0 Å². The summed E-state index contributed by atoms with van der Waals surface area (Å²) in [6.45, 7) is 0. The molecule has 4 heteroatoms. The van der Waals surface area contributed by atoms with Gasteiger partial charge in [0.05, 0.1) is 13.2 Å². The highest BCUT2D eigenvalue weighted by Crippen LogP contribution is 2.42. The van der Waals surface area contributed by atoms with Crippen LogP contribution in [0.5, 0.6) is 11.5 Å². The molecule has 2 aromatic carbocycles. The molecule has 0 amide bonds. The molecule has 0 saturated heterocycles. The zero-order valence-electron chi connectivity index (χ0n) is 11.0. The zero-order chi connectivity index (χ0) is 14.1. The molecule has 0 fully saturated rings. The van der Waals surface area contributed by atoms with Gasteiger partial charge in [-0.1, -0.05) is 12.1 Å². The van der Waals surface area contributed by atoms with E-state index in [2.05, 4.69) is 0 Å². The summed E-state index contributed by atoms with van der Waals surface area (Å²) >= 11 is 0. The molecule has 1 aliphatic heterocycles. The number of hydrogen-bond donors (Lipinski definition) is 1. The lowest BCUT2D eigenvalue weighted by atomic mass is 9.95. The van der Waals surface area contributed by atoms with E-state index in [-0.39, 0.29) is 11.9 Å². The number of benzene rings is 2. The van der Waals surface area contributed by atoms with Gasteiger partial charge in [-0.2, -0.15) is 0 Å². The fraction of sp³-hybridized carbons (Fsp3) is 0.250. The first kappa shape index (κ1) is 12.9. The molecule has 20 heavy (non-hydrogen) atoms. The van der Waals surface area contributed by atoms with E-state index in [9.17, 15) is 9.50 Å². The van der Waals surface area contributed by atoms with E-state index in [1.54, 1.807) is 37.4 Å². The maximum atomic E-state index is 13.0. The smallest absolute Gasteiger partial charge is 0.129 e. The molecule has 2 atom stereocenters. The highest BCUT2D eigenvalue weighted by atomic mass is 19.1. The van der Waals surface area contributed by atoms with Crippen LogP contribution in [-0.2, 0) is 0 Å². The third kappa shape index (κ3) is 2.34. The van der Waals surface area contributed by atoms with Crippen LogP contribution >= 0.6 is 0 Å². The van der Waals surface area contributed by atoms with Crippen molar-refractivity contribution in [3.8, 4) is 11.5 Å². The fourth-order valence-electron chi connectivity index (χ4n) is 2.43. The summed E-state index contributed by atoms with van der Waals surface area (Å²) in [5.41, 5.74) is 1.60. The Hall–Kier alpha value is -2.07. The van der Waals surface area contributed by atoms with Crippen LogP contribution in [0.25, 0.3) is 0 Å². The summed E-state index contributed by atoms with van der Waals surface area (Å²) in [7, 11) is 1.58. The van der Waals surface area contributed by atoms with E-state index >= 15 is 0 Å². The van der Waals surface area contributed by atoms with Crippen LogP contribution in [0.2, 0.25) is 0 Å². The van der Waals surface area contributed by atoms with Crippen LogP contribution in [0, 0.1) is 5.82 Å². The highest BCUT2D eigenvalue weighted by Gasteiger charge is 2.28. The molecule has 0 aliphatic carbocycles. The molecule has 2 unspecified atom stereocenters. The van der Waals surface area contributed by atoms with E-state index in [1.807, 2.05) is 0 Å². The molecule has 0 spiro atoms. The summed E-state index contributed by atoms with van der Waals surface area (Å²) in [6.07, 6.45) is -0.435. The highest BCUT2D eigenvalue weighted by molar-refractivity contribution is 5.44. The predicted octanol–water partition coefficient (Wildman–Crippen LogP) is 3.39. The molecule has 3 nitrogen and oxygen atoms in total. The molecule has 0 bridgehead atoms. The monoisotopic (exact) mass is 274 g/mol. The van der Waals surface area contributed by atoms with Crippen LogP contribution < -0.4 is 9.47 Å². The molecule has 1 aliphatic rings. The SMILES string of the molecule is COc1ccc2c(c1)OC(c1ccc(F)cc1)CC2O. The number of methoxy groups -OCH3 is 1. The molecule has 0 aromatic heterocycles. The number of hydrogen-bond acceptors (Lipinski definition) is 3. The first-order valence-corrected chi connectivity index (χ1v) is 6.45. The minimum absolute atomic E-state index is 0.285. The number of fused-ring (bicyclic) bond motifs is 1. The minimum Gasteiger partial charge on any atom is -0.497 e. The van der Waals surface area contributed by atoms with Gasteiger partial charge in [-0.25, -0.2) is 4.39 Å². The Morgan fingerprint density at radius 1 is 1.20 bits per heavy atom. The molecular weight excluding hydrogens is 259 g/mol. The van der Waals surface area contributed by atoms with Crippen LogP contribution in [0.15, 0.2) is 42.5 Å². The lowest BCUT2D eigenvalue weighted by Gasteiger charge is -2.30. The second-order valence-corrected chi connectivity index (χ2v) is 4.81. The maximum Gasteiger partial charge on any atom is 0.129 e. The van der Waals surface area contributed by atoms with E-state index in [4.69, 9.17) is 9.47 Å². The van der Waals surface area contributed by atoms with E-state index in [1.165, 1.54) is 12.1 Å². The van der Waals surface area contributed by atoms with Crippen molar-refractivity contribution in [1.29, 1.82) is 0 Å². The van der Waals surface area contributed by atoms with E-state index in [0.717, 1.165) is 11.1 Å². The average Bonchev–Trinajstić information content (AvgIpc) is 2.47. The van der Waals surface area contributed by atoms with E-state index in [0.29, 0.717) is 17.9 Å². The molecule has 0 radical (unpaired) electrons. The lowest BCUT2D eigenvalue weighted by molar-refractivity contribution is 0.0654. The third-order valence-electron chi connectivity index (χ3n) is 3.53. The third-order valence-corrected chi connectivity index (χ3v) is 3.53. The summed E-state index contributed by atoms with van der Waals surface area (Å²) in [5, 5.41) is 10.2. The second kappa shape index (κ2) is 5.13. The largest absolute Gasteiger partial charge is 0.497 e. The summed E-state index contributed by atoms with van der Waals surface area (Å²) < 4.78 is 24.0. The van der Waals surface area contributed by atoms with Gasteiger partial charge in [-0.15, -0.1) is 0 Å². The Labute approximate surface area is 116 Å². The lowest BCUT2D eigenvalue weighted by Crippen LogP contribution is -2.19. The van der Waals surface area contributed by atoms with Crippen LogP contribution in [-0.4, -0.2) is 12.2 Å². The second-order valence-electron chi connectivity index (χ2n) is 4.81. The Kier molecular flexibility index (Phi) is 3.32. The molecular formula is C16H15FO3. The van der Waals surface area contributed by atoms with Gasteiger partial charge >= 0.3 is 0 Å². The van der Waals surface area contributed by atoms with Gasteiger partial charge < -0.3 is 14.6 Å². The van der Waals surface area contributed by atoms with Gasteiger partial charge in [0, 0.05) is 18.1 Å². The molecule has 104 valence electrons. The van der Waals surface area contributed by atoms with Crippen molar-refractivity contribution in [1.82, 2.24) is 0 Å². The first-order chi connectivity index (χ1) is 9.67. The molecule has 0 saturated carbocycles. The minimum atomic E-state index is -0.597. The topological polar surface area (TPSA) is 38.7 Å². The predicted molar refractivity (Wildman–Crippen MR) is 72.3 cm³/mol. The van der Waals surface area contributed by atoms with Gasteiger partial charge in [0.25, 0.3) is 0 Å². The number of halogens is 1. The van der Waals surface area contributed by atoms with Crippen molar-refractivity contribution in [3.63, 3.8) is 0 Å². The Bertz CT molecular complexity index is 610. The fourth-order valence-corrected chi connectivity index (χ4v) is 2.43. The molecule has 1 N–H and O–H groups in total. The maximum absolute atomic E-state index is 13.0. The first-order valence-electron chi connectivity index (χ1n) is 6.45. The van der Waals surface area contributed by atoms with Gasteiger partial charge in [-0.3, -0.25) is 0 Å². The summed E-state index contributed by atoms with van der Waals surface area (Å²) in [6, 6.07) is 11.5.